The van der Waals surface area contributed by atoms with Gasteiger partial charge in [-0.3, -0.25) is 4.90 Å². The van der Waals surface area contributed by atoms with Gasteiger partial charge in [0, 0.05) is 11.1 Å². The highest BCUT2D eigenvalue weighted by atomic mass is 35.5. The number of benzene rings is 1. The van der Waals surface area contributed by atoms with E-state index >= 15 is 0 Å². The van der Waals surface area contributed by atoms with Crippen LogP contribution in [0.1, 0.15) is 37.3 Å². The average molecular weight is 253 g/mol. The molecule has 2 nitrogen and oxygen atoms in total. The zero-order chi connectivity index (χ0) is 12.1. The third-order valence-electron chi connectivity index (χ3n) is 3.52. The Morgan fingerprint density at radius 3 is 2.41 bits per heavy atom. The predicted molar refractivity (Wildman–Crippen MR) is 73.3 cm³/mol. The quantitative estimate of drug-likeness (QED) is 0.872. The van der Waals surface area contributed by atoms with E-state index in [1.807, 2.05) is 12.1 Å². The van der Waals surface area contributed by atoms with Crippen molar-refractivity contribution in [3.05, 3.63) is 34.9 Å². The summed E-state index contributed by atoms with van der Waals surface area (Å²) in [6, 6.07) is 8.81. The molecule has 1 unspecified atom stereocenters. The monoisotopic (exact) mass is 252 g/mol. The fourth-order valence-corrected chi connectivity index (χ4v) is 2.74. The smallest absolute Gasteiger partial charge is 0.0406 e. The van der Waals surface area contributed by atoms with E-state index in [9.17, 15) is 0 Å². The van der Waals surface area contributed by atoms with Crippen LogP contribution in [0.25, 0.3) is 0 Å². The van der Waals surface area contributed by atoms with E-state index in [1.165, 1.54) is 31.5 Å². The highest BCUT2D eigenvalue weighted by molar-refractivity contribution is 6.30. The normalized spacial score (nSPS) is 18.5. The van der Waals surface area contributed by atoms with Crippen molar-refractivity contribution in [2.75, 3.05) is 19.6 Å². The summed E-state index contributed by atoms with van der Waals surface area (Å²) in [5.41, 5.74) is 7.02. The first-order chi connectivity index (χ1) is 8.31. The zero-order valence-corrected chi connectivity index (χ0v) is 11.0. The van der Waals surface area contributed by atoms with Gasteiger partial charge in [0.15, 0.2) is 0 Å². The minimum atomic E-state index is 0.526. The maximum Gasteiger partial charge on any atom is 0.0406 e. The fraction of sp³-hybridized carbons (Fsp3) is 0.571. The number of nitrogens with two attached hydrogens (primary N) is 1. The molecule has 94 valence electrons. The molecule has 0 aromatic heterocycles. The Morgan fingerprint density at radius 2 is 1.82 bits per heavy atom. The van der Waals surface area contributed by atoms with Gasteiger partial charge in [-0.1, -0.05) is 23.7 Å². The van der Waals surface area contributed by atoms with E-state index in [0.717, 1.165) is 24.4 Å². The molecular weight excluding hydrogens is 232 g/mol. The van der Waals surface area contributed by atoms with E-state index in [0.29, 0.717) is 6.04 Å². The number of hydrogen-bond acceptors (Lipinski definition) is 2. The van der Waals surface area contributed by atoms with Crippen molar-refractivity contribution in [3.63, 3.8) is 0 Å². The number of likely N-dealkylation sites (tertiary alicyclic amines) is 1. The van der Waals surface area contributed by atoms with E-state index < -0.39 is 0 Å². The summed E-state index contributed by atoms with van der Waals surface area (Å²) in [5.74, 6) is 0. The summed E-state index contributed by atoms with van der Waals surface area (Å²) >= 11 is 5.95. The van der Waals surface area contributed by atoms with Gasteiger partial charge in [-0.25, -0.2) is 0 Å². The van der Waals surface area contributed by atoms with Crippen LogP contribution < -0.4 is 5.73 Å². The van der Waals surface area contributed by atoms with E-state index in [2.05, 4.69) is 17.0 Å². The van der Waals surface area contributed by atoms with Crippen LogP contribution in [-0.4, -0.2) is 24.5 Å². The Labute approximate surface area is 109 Å². The van der Waals surface area contributed by atoms with Crippen LogP contribution in [0, 0.1) is 0 Å². The Kier molecular flexibility index (Phi) is 4.84. The molecule has 1 aliphatic rings. The van der Waals surface area contributed by atoms with E-state index in [4.69, 9.17) is 17.3 Å². The molecule has 1 atom stereocenters. The third-order valence-corrected chi connectivity index (χ3v) is 3.77. The van der Waals surface area contributed by atoms with Crippen molar-refractivity contribution in [3.8, 4) is 0 Å². The van der Waals surface area contributed by atoms with Gasteiger partial charge < -0.3 is 5.73 Å². The molecule has 17 heavy (non-hydrogen) atoms. The highest BCUT2D eigenvalue weighted by Crippen LogP contribution is 2.29. The maximum absolute atomic E-state index is 5.95. The van der Waals surface area contributed by atoms with Gasteiger partial charge in [0.1, 0.15) is 0 Å². The summed E-state index contributed by atoms with van der Waals surface area (Å²) in [6.45, 7) is 3.22. The molecular formula is C14H21ClN2. The van der Waals surface area contributed by atoms with Crippen LogP contribution in [0.3, 0.4) is 0 Å². The molecule has 1 aromatic carbocycles. The zero-order valence-electron chi connectivity index (χ0n) is 10.2. The lowest BCUT2D eigenvalue weighted by Crippen LogP contribution is -2.26. The standard InChI is InChI=1S/C14H21ClN2/c15-13-7-5-12(6-8-13)14(4-3-9-16)17-10-1-2-11-17/h5-8,14H,1-4,9-11,16H2. The van der Waals surface area contributed by atoms with Crippen LogP contribution >= 0.6 is 11.6 Å². The molecule has 1 heterocycles. The first-order valence-electron chi connectivity index (χ1n) is 6.51. The molecule has 1 saturated heterocycles. The molecule has 0 saturated carbocycles. The minimum absolute atomic E-state index is 0.526. The largest absolute Gasteiger partial charge is 0.330 e. The predicted octanol–water partition coefficient (Wildman–Crippen LogP) is 3.22. The summed E-state index contributed by atoms with van der Waals surface area (Å²) in [6.07, 6.45) is 4.89. The molecule has 1 fully saturated rings. The molecule has 0 radical (unpaired) electrons. The summed E-state index contributed by atoms with van der Waals surface area (Å²) in [5, 5.41) is 0.813. The van der Waals surface area contributed by atoms with Crippen molar-refractivity contribution >= 4 is 11.6 Å². The molecule has 2 N–H and O–H groups in total. The summed E-state index contributed by atoms with van der Waals surface area (Å²) < 4.78 is 0. The second kappa shape index (κ2) is 6.39. The van der Waals surface area contributed by atoms with Gasteiger partial charge in [0.2, 0.25) is 0 Å². The maximum atomic E-state index is 5.95. The molecule has 0 amide bonds. The van der Waals surface area contributed by atoms with Crippen LogP contribution in [0.5, 0.6) is 0 Å². The second-order valence-corrected chi connectivity index (χ2v) is 5.18. The second-order valence-electron chi connectivity index (χ2n) is 4.74. The van der Waals surface area contributed by atoms with Crippen LogP contribution in [0.4, 0.5) is 0 Å². The minimum Gasteiger partial charge on any atom is -0.330 e. The molecule has 1 aromatic rings. The molecule has 3 heteroatoms. The fourth-order valence-electron chi connectivity index (χ4n) is 2.61. The molecule has 0 aliphatic carbocycles. The van der Waals surface area contributed by atoms with Gasteiger partial charge in [-0.05, 0) is 63.0 Å². The van der Waals surface area contributed by atoms with Crippen LogP contribution in [0.15, 0.2) is 24.3 Å². The van der Waals surface area contributed by atoms with Crippen LogP contribution in [0.2, 0.25) is 5.02 Å². The topological polar surface area (TPSA) is 29.3 Å². The van der Waals surface area contributed by atoms with Gasteiger partial charge >= 0.3 is 0 Å². The molecule has 0 spiro atoms. The van der Waals surface area contributed by atoms with Crippen molar-refractivity contribution in [2.24, 2.45) is 5.73 Å². The average Bonchev–Trinajstić information content (AvgIpc) is 2.85. The third kappa shape index (κ3) is 3.44. The van der Waals surface area contributed by atoms with E-state index in [-0.39, 0.29) is 0 Å². The number of hydrogen-bond donors (Lipinski definition) is 1. The first kappa shape index (κ1) is 12.9. The Bertz CT molecular complexity index is 331. The van der Waals surface area contributed by atoms with Gasteiger partial charge in [-0.15, -0.1) is 0 Å². The van der Waals surface area contributed by atoms with Gasteiger partial charge in [0.25, 0.3) is 0 Å². The van der Waals surface area contributed by atoms with Crippen molar-refractivity contribution in [2.45, 2.75) is 31.7 Å². The number of nitrogens with zero attached hydrogens (tertiary/aromatic N) is 1. The van der Waals surface area contributed by atoms with Crippen LogP contribution in [-0.2, 0) is 0 Å². The van der Waals surface area contributed by atoms with Gasteiger partial charge in [-0.2, -0.15) is 0 Å². The lowest BCUT2D eigenvalue weighted by Gasteiger charge is -2.28. The number of rotatable bonds is 5. The van der Waals surface area contributed by atoms with Crippen molar-refractivity contribution in [1.29, 1.82) is 0 Å². The first-order valence-corrected chi connectivity index (χ1v) is 6.88. The molecule has 2 rings (SSSR count). The van der Waals surface area contributed by atoms with Crippen molar-refractivity contribution in [1.82, 2.24) is 4.90 Å². The summed E-state index contributed by atoms with van der Waals surface area (Å²) in [4.78, 5) is 2.58. The van der Waals surface area contributed by atoms with E-state index in [1.54, 1.807) is 0 Å². The Morgan fingerprint density at radius 1 is 1.18 bits per heavy atom. The van der Waals surface area contributed by atoms with Gasteiger partial charge in [0.05, 0.1) is 0 Å². The summed E-state index contributed by atoms with van der Waals surface area (Å²) in [7, 11) is 0. The lowest BCUT2D eigenvalue weighted by molar-refractivity contribution is 0.231. The lowest BCUT2D eigenvalue weighted by atomic mass is 10.0. The Balaban J connectivity index is 2.10. The number of halogens is 1. The highest BCUT2D eigenvalue weighted by Gasteiger charge is 2.22. The Hall–Kier alpha value is -0.570. The SMILES string of the molecule is NCCCC(c1ccc(Cl)cc1)N1CCCC1. The molecule has 1 aliphatic heterocycles. The molecule has 0 bridgehead atoms. The van der Waals surface area contributed by atoms with Crippen molar-refractivity contribution < 1.29 is 0 Å².